The van der Waals surface area contributed by atoms with Crippen LogP contribution in [0.25, 0.3) is 29.0 Å². The fraction of sp³-hybridized carbons (Fsp3) is 0.212. The van der Waals surface area contributed by atoms with E-state index in [2.05, 4.69) is 32.8 Å². The Morgan fingerprint density at radius 1 is 0.452 bits per heavy atom. The molecule has 0 unspecified atom stereocenters. The van der Waals surface area contributed by atoms with Crippen LogP contribution in [0, 0.1) is 23.3 Å². The molecule has 93 heavy (non-hydrogen) atoms. The summed E-state index contributed by atoms with van der Waals surface area (Å²) < 4.78 is 377. The fourth-order valence-corrected chi connectivity index (χ4v) is 10.0. The highest BCUT2D eigenvalue weighted by atomic mass is 32.2. The average molecular weight is 1450 g/mol. The zero-order chi connectivity index (χ0) is 70.9. The lowest BCUT2D eigenvalue weighted by Crippen LogP contribution is -2.61. The SMILES string of the molecule is C=Cc1ccc(OC(=O)COc2c(F)c(F)c(S(=O)(=O)O)c(F)c2F)cc1.C=Cc1ccc(OCCCOS(=O)(=O)C(F)(F)C(F)(F)C(F)(F)S(=O)(=O)O)cc1.C=Cc1ccc2cc(OCc3ccc(OS(=O)(=O)C(F)(F)C(F)(F)C(F)(F)S(=O)(=O)O)cc3)ccc2c1. The summed E-state index contributed by atoms with van der Waals surface area (Å²) in [6, 6.07) is 26.6. The number of halogens is 16. The highest BCUT2D eigenvalue weighted by molar-refractivity contribution is 7.89. The smallest absolute Gasteiger partial charge is 0.450 e. The van der Waals surface area contributed by atoms with Gasteiger partial charge in [-0.15, -0.1) is 0 Å². The number of hydrogen-bond acceptors (Lipinski definition) is 17. The fourth-order valence-electron chi connectivity index (χ4n) is 6.52. The lowest BCUT2D eigenvalue weighted by Gasteiger charge is -2.29. The van der Waals surface area contributed by atoms with E-state index in [-0.39, 0.29) is 24.7 Å². The van der Waals surface area contributed by atoms with Gasteiger partial charge < -0.3 is 23.1 Å². The van der Waals surface area contributed by atoms with Crippen molar-refractivity contribution in [3.8, 4) is 28.7 Å². The van der Waals surface area contributed by atoms with Crippen molar-refractivity contribution in [1.82, 2.24) is 0 Å². The summed E-state index contributed by atoms with van der Waals surface area (Å²) in [5.74, 6) is -26.5. The second kappa shape index (κ2) is 29.1. The standard InChI is InChI=1S/C22H16F6O7S2.C16H10F4O6S.C14H14F6O7S2/c1-2-14-3-6-17-12-19(10-7-16(17)11-14)34-13-15-4-8-18(9-5-15)35-37(32,33)22(27,28)20(23,24)21(25,26)36(29,30)31;1-2-8-3-5-9(6-4-8)26-10(21)7-25-15-11(17)13(19)16(27(22,23)24)14(20)12(15)18;1-2-10-4-6-11(7-5-10)26-8-3-9-27-29(24,25)14(19,20)12(15,16)13(17,18)28(21,22)23/h2-12H,1,13H2,(H,29,30,31);2-6H,1,7H2,(H,22,23,24);2,4-7H,1,3,8-9H2,(H,21,22,23). The quantitative estimate of drug-likeness (QED) is 0.00821. The molecule has 0 aromatic heterocycles. The van der Waals surface area contributed by atoms with Gasteiger partial charge in [-0.25, -0.2) is 13.6 Å². The molecule has 0 fully saturated rings. The summed E-state index contributed by atoms with van der Waals surface area (Å²) in [4.78, 5) is 9.41. The summed E-state index contributed by atoms with van der Waals surface area (Å²) in [5.41, 5.74) is 2.73. The van der Waals surface area contributed by atoms with E-state index in [1.54, 1.807) is 48.5 Å². The van der Waals surface area contributed by atoms with Crippen molar-refractivity contribution in [2.75, 3.05) is 19.8 Å². The van der Waals surface area contributed by atoms with Gasteiger partial charge in [-0.1, -0.05) is 92.6 Å². The molecule has 0 saturated heterocycles. The summed E-state index contributed by atoms with van der Waals surface area (Å²) in [5, 5.41) is -25.3. The van der Waals surface area contributed by atoms with Gasteiger partial charge in [-0.05, 0) is 87.6 Å². The first-order valence-electron chi connectivity index (χ1n) is 24.2. The topological polar surface area (TPSA) is 304 Å². The largest absolute Gasteiger partial charge is 0.494 e. The maximum Gasteiger partial charge on any atom is 0.450 e. The number of carbonyl (C=O) groups excluding carboxylic acids is 1. The number of carbonyl (C=O) groups is 1. The van der Waals surface area contributed by atoms with Crippen LogP contribution in [0.4, 0.5) is 70.2 Å². The molecular weight excluding hydrogens is 1410 g/mol. The van der Waals surface area contributed by atoms with Crippen molar-refractivity contribution < 1.29 is 158 Å². The first-order valence-corrected chi connectivity index (χ1v) is 31.3. The molecule has 510 valence electrons. The molecule has 0 amide bonds. The molecule has 3 N–H and O–H groups in total. The predicted molar refractivity (Wildman–Crippen MR) is 292 cm³/mol. The minimum Gasteiger partial charge on any atom is -0.494 e. The van der Waals surface area contributed by atoms with Crippen LogP contribution in [-0.2, 0) is 66.2 Å². The van der Waals surface area contributed by atoms with Gasteiger partial charge in [0.05, 0.1) is 13.2 Å². The third kappa shape index (κ3) is 17.4. The molecule has 0 heterocycles. The Labute approximate surface area is 515 Å². The van der Waals surface area contributed by atoms with Crippen molar-refractivity contribution in [3.05, 3.63) is 174 Å². The molecule has 6 rings (SSSR count). The van der Waals surface area contributed by atoms with Crippen LogP contribution in [0.5, 0.6) is 28.7 Å². The van der Waals surface area contributed by atoms with Crippen molar-refractivity contribution in [2.24, 2.45) is 0 Å². The summed E-state index contributed by atoms with van der Waals surface area (Å²) in [6.45, 7) is 7.97. The summed E-state index contributed by atoms with van der Waals surface area (Å²) in [6.07, 6.45) is 4.30. The Balaban J connectivity index is 0.000000302. The van der Waals surface area contributed by atoms with Crippen LogP contribution in [0.2, 0.25) is 0 Å². The van der Waals surface area contributed by atoms with Gasteiger partial charge in [0.1, 0.15) is 29.6 Å². The Bertz CT molecular complexity index is 4310. The zero-order valence-corrected chi connectivity index (χ0v) is 49.7. The maximum absolute atomic E-state index is 13.9. The van der Waals surface area contributed by atoms with Gasteiger partial charge in [0.2, 0.25) is 11.6 Å². The molecule has 0 aliphatic heterocycles. The van der Waals surface area contributed by atoms with Crippen LogP contribution in [0.3, 0.4) is 0 Å². The highest BCUT2D eigenvalue weighted by Gasteiger charge is 2.84. The van der Waals surface area contributed by atoms with E-state index in [1.807, 2.05) is 18.2 Å². The third-order valence-corrected chi connectivity index (χ3v) is 16.7. The van der Waals surface area contributed by atoms with Crippen LogP contribution < -0.4 is 23.1 Å². The second-order valence-electron chi connectivity index (χ2n) is 17.8. The van der Waals surface area contributed by atoms with Crippen molar-refractivity contribution >= 4 is 85.6 Å². The van der Waals surface area contributed by atoms with Gasteiger partial charge >= 0.3 is 89.4 Å². The molecule has 6 aromatic rings. The Hall–Kier alpha value is -8.06. The molecular formula is C52H40F16O20S5. The van der Waals surface area contributed by atoms with Crippen LogP contribution in [0.1, 0.15) is 28.7 Å². The molecule has 0 bridgehead atoms. The van der Waals surface area contributed by atoms with E-state index in [9.17, 15) is 117 Å². The molecule has 0 aliphatic rings. The molecule has 20 nitrogen and oxygen atoms in total. The minimum atomic E-state index is -7.13. The predicted octanol–water partition coefficient (Wildman–Crippen LogP) is 11.7. The number of ether oxygens (including phenoxy) is 4. The van der Waals surface area contributed by atoms with Gasteiger partial charge in [-0.2, -0.15) is 104 Å². The number of rotatable bonds is 27. The van der Waals surface area contributed by atoms with Crippen molar-refractivity contribution in [1.29, 1.82) is 0 Å². The van der Waals surface area contributed by atoms with Gasteiger partial charge in [0.25, 0.3) is 0 Å². The number of fused-ring (bicyclic) bond motifs is 1. The molecule has 0 atom stereocenters. The van der Waals surface area contributed by atoms with E-state index < -0.39 is 149 Å². The average Bonchev–Trinajstić information content (AvgIpc) is 0.737. The number of benzene rings is 6. The highest BCUT2D eigenvalue weighted by Crippen LogP contribution is 2.52. The first kappa shape index (κ1) is 77.4. The van der Waals surface area contributed by atoms with Crippen LogP contribution in [0.15, 0.2) is 134 Å². The van der Waals surface area contributed by atoms with Gasteiger partial charge in [0.15, 0.2) is 28.9 Å². The van der Waals surface area contributed by atoms with E-state index in [0.29, 0.717) is 11.3 Å². The second-order valence-corrected chi connectivity index (χ2v) is 25.3. The Kier molecular flexibility index (Phi) is 24.2. The van der Waals surface area contributed by atoms with Gasteiger partial charge in [-0.3, -0.25) is 17.8 Å². The molecule has 0 radical (unpaired) electrons. The van der Waals surface area contributed by atoms with Crippen LogP contribution >= 0.6 is 0 Å². The molecule has 0 aliphatic carbocycles. The summed E-state index contributed by atoms with van der Waals surface area (Å²) in [7, 11) is -33.4. The molecule has 41 heteroatoms. The van der Waals surface area contributed by atoms with E-state index in [4.69, 9.17) is 27.9 Å². The van der Waals surface area contributed by atoms with Crippen LogP contribution in [-0.4, -0.2) is 114 Å². The summed E-state index contributed by atoms with van der Waals surface area (Å²) >= 11 is 0. The lowest BCUT2D eigenvalue weighted by atomic mass is 10.1. The van der Waals surface area contributed by atoms with E-state index >= 15 is 0 Å². The van der Waals surface area contributed by atoms with Crippen molar-refractivity contribution in [2.45, 2.75) is 50.8 Å². The Morgan fingerprint density at radius 2 is 0.860 bits per heavy atom. The Morgan fingerprint density at radius 3 is 1.31 bits per heavy atom. The zero-order valence-electron chi connectivity index (χ0n) is 45.7. The molecule has 0 spiro atoms. The first-order chi connectivity index (χ1) is 42.5. The number of hydrogen-bond donors (Lipinski definition) is 3. The monoisotopic (exact) mass is 1450 g/mol. The normalized spacial score (nSPS) is 12.9. The number of alkyl halides is 12. The molecule has 0 saturated carbocycles. The third-order valence-electron chi connectivity index (χ3n) is 11.4. The maximum atomic E-state index is 13.9. The van der Waals surface area contributed by atoms with Crippen molar-refractivity contribution in [3.63, 3.8) is 0 Å². The lowest BCUT2D eigenvalue weighted by molar-refractivity contribution is -0.248. The minimum absolute atomic E-state index is 0.0502. The van der Waals surface area contributed by atoms with E-state index in [1.165, 1.54) is 36.4 Å². The van der Waals surface area contributed by atoms with Gasteiger partial charge in [0, 0.05) is 6.42 Å². The number of esters is 1. The molecule has 6 aromatic carbocycles. The van der Waals surface area contributed by atoms with E-state index in [0.717, 1.165) is 51.7 Å².